The fourth-order valence-electron chi connectivity index (χ4n) is 2.86. The Kier molecular flexibility index (Phi) is 3.59. The Balaban J connectivity index is 1.81. The van der Waals surface area contributed by atoms with Gasteiger partial charge in [0.2, 0.25) is 0 Å². The van der Waals surface area contributed by atoms with E-state index in [0.717, 1.165) is 11.2 Å². The Morgan fingerprint density at radius 2 is 1.54 bits per heavy atom. The zero-order valence-corrected chi connectivity index (χ0v) is 13.0. The van der Waals surface area contributed by atoms with E-state index in [1.807, 2.05) is 42.5 Å². The number of aromatic nitrogens is 3. The van der Waals surface area contributed by atoms with E-state index in [2.05, 4.69) is 44.5 Å². The number of hydrogen-bond donors (Lipinski definition) is 3. The third-order valence-electron chi connectivity index (χ3n) is 3.98. The fraction of sp³-hybridized carbons (Fsp3) is 0.0526. The summed E-state index contributed by atoms with van der Waals surface area (Å²) in [6.45, 7) is 0. The lowest BCUT2D eigenvalue weighted by molar-refractivity contribution is 0.940. The van der Waals surface area contributed by atoms with Crippen LogP contribution in [0.4, 0.5) is 11.5 Å². The topological polar surface area (TPSA) is 79.6 Å². The molecule has 0 saturated heterocycles. The second-order valence-corrected chi connectivity index (χ2v) is 5.59. The Bertz CT molecular complexity index is 908. The van der Waals surface area contributed by atoms with Crippen molar-refractivity contribution in [1.29, 1.82) is 0 Å². The van der Waals surface area contributed by atoms with Gasteiger partial charge in [-0.1, -0.05) is 60.7 Å². The number of nitrogen functional groups attached to an aromatic ring is 1. The van der Waals surface area contributed by atoms with Crippen LogP contribution in [0.1, 0.15) is 17.2 Å². The molecule has 4 N–H and O–H groups in total. The number of fused-ring (bicyclic) bond motifs is 1. The van der Waals surface area contributed by atoms with Crippen LogP contribution in [-0.4, -0.2) is 15.0 Å². The predicted molar refractivity (Wildman–Crippen MR) is 96.7 cm³/mol. The Hall–Kier alpha value is -3.34. The minimum absolute atomic E-state index is 0.000648. The summed E-state index contributed by atoms with van der Waals surface area (Å²) in [5, 5.41) is 3.59. The third-order valence-corrected chi connectivity index (χ3v) is 3.98. The number of H-pyrrole nitrogens is 1. The number of nitrogens with zero attached hydrogens (tertiary/aromatic N) is 2. The van der Waals surface area contributed by atoms with Gasteiger partial charge in [-0.05, 0) is 11.1 Å². The molecule has 0 unspecified atom stereocenters. The molecule has 4 rings (SSSR count). The minimum atomic E-state index is 0.000648. The van der Waals surface area contributed by atoms with Gasteiger partial charge >= 0.3 is 0 Å². The molecule has 0 aliphatic rings. The largest absolute Gasteiger partial charge is 0.384 e. The summed E-state index contributed by atoms with van der Waals surface area (Å²) in [4.78, 5) is 11.6. The Morgan fingerprint density at radius 3 is 2.17 bits per heavy atom. The molecule has 118 valence electrons. The first kappa shape index (κ1) is 14.3. The molecular weight excluding hydrogens is 298 g/mol. The van der Waals surface area contributed by atoms with Gasteiger partial charge < -0.3 is 16.0 Å². The van der Waals surface area contributed by atoms with Crippen molar-refractivity contribution in [3.05, 3.63) is 84.2 Å². The van der Waals surface area contributed by atoms with E-state index in [1.165, 1.54) is 11.1 Å². The van der Waals surface area contributed by atoms with Gasteiger partial charge in [0.1, 0.15) is 11.3 Å². The molecular formula is C19H17N5. The first-order chi connectivity index (χ1) is 11.8. The van der Waals surface area contributed by atoms with Crippen LogP contribution in [0.25, 0.3) is 11.2 Å². The first-order valence-corrected chi connectivity index (χ1v) is 7.77. The molecule has 0 saturated carbocycles. The van der Waals surface area contributed by atoms with Crippen LogP contribution >= 0.6 is 0 Å². The lowest BCUT2D eigenvalue weighted by Gasteiger charge is -2.21. The number of hydrogen-bond acceptors (Lipinski definition) is 4. The number of benzene rings is 2. The maximum atomic E-state index is 5.93. The SMILES string of the molecule is Nc1cc(NC(c2ccccc2)c2ccccc2)c2[nH]cnc2n1. The van der Waals surface area contributed by atoms with Gasteiger partial charge in [-0.2, -0.15) is 0 Å². The molecule has 0 bridgehead atoms. The number of pyridine rings is 1. The molecule has 5 nitrogen and oxygen atoms in total. The maximum Gasteiger partial charge on any atom is 0.181 e. The molecule has 2 aromatic carbocycles. The van der Waals surface area contributed by atoms with Gasteiger partial charge in [0.15, 0.2) is 5.65 Å². The van der Waals surface area contributed by atoms with Crippen molar-refractivity contribution < 1.29 is 0 Å². The molecule has 2 heterocycles. The standard InChI is InChI=1S/C19H17N5/c20-16-11-15(18-19(24-16)22-12-21-18)23-17(13-7-3-1-4-8-13)14-9-5-2-6-10-14/h1-12,17H,(H4,20,21,22,23,24). The van der Waals surface area contributed by atoms with E-state index in [4.69, 9.17) is 5.73 Å². The molecule has 24 heavy (non-hydrogen) atoms. The zero-order valence-electron chi connectivity index (χ0n) is 13.0. The maximum absolute atomic E-state index is 5.93. The number of nitrogens with two attached hydrogens (primary N) is 1. The normalized spacial score (nSPS) is 11.0. The van der Waals surface area contributed by atoms with Gasteiger partial charge in [-0.3, -0.25) is 0 Å². The number of imidazole rings is 1. The van der Waals surface area contributed by atoms with Crippen molar-refractivity contribution in [2.24, 2.45) is 0 Å². The lowest BCUT2D eigenvalue weighted by Crippen LogP contribution is -2.13. The molecule has 4 aromatic rings. The van der Waals surface area contributed by atoms with Crippen LogP contribution in [0.5, 0.6) is 0 Å². The summed E-state index contributed by atoms with van der Waals surface area (Å²) in [5.41, 5.74) is 10.6. The Morgan fingerprint density at radius 1 is 0.917 bits per heavy atom. The number of anilines is 2. The van der Waals surface area contributed by atoms with Crippen molar-refractivity contribution >= 4 is 22.7 Å². The summed E-state index contributed by atoms with van der Waals surface area (Å²) in [6, 6.07) is 22.5. The molecule has 0 aliphatic heterocycles. The monoisotopic (exact) mass is 315 g/mol. The number of rotatable bonds is 4. The van der Waals surface area contributed by atoms with Crippen molar-refractivity contribution in [2.45, 2.75) is 6.04 Å². The number of aromatic amines is 1. The fourth-order valence-corrected chi connectivity index (χ4v) is 2.86. The third kappa shape index (κ3) is 2.67. The van der Waals surface area contributed by atoms with Crippen LogP contribution in [0, 0.1) is 0 Å². The van der Waals surface area contributed by atoms with Crippen LogP contribution in [-0.2, 0) is 0 Å². The van der Waals surface area contributed by atoms with Gasteiger partial charge in [-0.25, -0.2) is 9.97 Å². The molecule has 2 aromatic heterocycles. The smallest absolute Gasteiger partial charge is 0.181 e. The van der Waals surface area contributed by atoms with Crippen molar-refractivity contribution in [3.63, 3.8) is 0 Å². The van der Waals surface area contributed by atoms with Gasteiger partial charge in [0, 0.05) is 6.07 Å². The average Bonchev–Trinajstić information content (AvgIpc) is 3.09. The summed E-state index contributed by atoms with van der Waals surface area (Å²) < 4.78 is 0. The zero-order chi connectivity index (χ0) is 16.4. The van der Waals surface area contributed by atoms with Crippen molar-refractivity contribution in [2.75, 3.05) is 11.1 Å². The highest BCUT2D eigenvalue weighted by atomic mass is 15.0. The van der Waals surface area contributed by atoms with Gasteiger partial charge in [-0.15, -0.1) is 0 Å². The van der Waals surface area contributed by atoms with Crippen LogP contribution in [0.3, 0.4) is 0 Å². The van der Waals surface area contributed by atoms with Crippen LogP contribution in [0.15, 0.2) is 73.1 Å². The van der Waals surface area contributed by atoms with Crippen molar-refractivity contribution in [3.8, 4) is 0 Å². The average molecular weight is 315 g/mol. The lowest BCUT2D eigenvalue weighted by atomic mass is 9.98. The predicted octanol–water partition coefficient (Wildman–Crippen LogP) is 3.74. The molecule has 0 spiro atoms. The van der Waals surface area contributed by atoms with E-state index >= 15 is 0 Å². The molecule has 5 heteroatoms. The highest BCUT2D eigenvalue weighted by Gasteiger charge is 2.16. The molecule has 0 aliphatic carbocycles. The summed E-state index contributed by atoms with van der Waals surface area (Å²) >= 11 is 0. The summed E-state index contributed by atoms with van der Waals surface area (Å²) in [6.07, 6.45) is 1.63. The molecule has 0 amide bonds. The van der Waals surface area contributed by atoms with E-state index < -0.39 is 0 Å². The van der Waals surface area contributed by atoms with Crippen molar-refractivity contribution in [1.82, 2.24) is 15.0 Å². The van der Waals surface area contributed by atoms with Crippen LogP contribution in [0.2, 0.25) is 0 Å². The van der Waals surface area contributed by atoms with E-state index in [0.29, 0.717) is 11.5 Å². The summed E-state index contributed by atoms with van der Waals surface area (Å²) in [5.74, 6) is 0.442. The highest BCUT2D eigenvalue weighted by molar-refractivity contribution is 5.87. The molecule has 0 atom stereocenters. The highest BCUT2D eigenvalue weighted by Crippen LogP contribution is 2.30. The van der Waals surface area contributed by atoms with E-state index in [1.54, 1.807) is 6.33 Å². The minimum Gasteiger partial charge on any atom is -0.384 e. The number of nitrogens with one attached hydrogen (secondary N) is 2. The van der Waals surface area contributed by atoms with Crippen LogP contribution < -0.4 is 11.1 Å². The van der Waals surface area contributed by atoms with Gasteiger partial charge in [0.25, 0.3) is 0 Å². The van der Waals surface area contributed by atoms with Gasteiger partial charge in [0.05, 0.1) is 18.1 Å². The second-order valence-electron chi connectivity index (χ2n) is 5.59. The Labute approximate surface area is 139 Å². The molecule has 0 radical (unpaired) electrons. The van der Waals surface area contributed by atoms with E-state index in [-0.39, 0.29) is 6.04 Å². The second kappa shape index (κ2) is 6.04. The summed E-state index contributed by atoms with van der Waals surface area (Å²) in [7, 11) is 0. The quantitative estimate of drug-likeness (QED) is 0.536. The van der Waals surface area contributed by atoms with E-state index in [9.17, 15) is 0 Å². The first-order valence-electron chi connectivity index (χ1n) is 7.77. The molecule has 0 fully saturated rings.